The summed E-state index contributed by atoms with van der Waals surface area (Å²) < 4.78 is 4.65. The van der Waals surface area contributed by atoms with Crippen molar-refractivity contribution in [3.63, 3.8) is 0 Å². The van der Waals surface area contributed by atoms with Crippen LogP contribution in [0, 0.1) is 0 Å². The highest BCUT2D eigenvalue weighted by molar-refractivity contribution is 5.89. The maximum Gasteiger partial charge on any atom is 0.337 e. The minimum absolute atomic E-state index is 0.0412. The van der Waals surface area contributed by atoms with E-state index in [1.807, 2.05) is 12.1 Å². The van der Waals surface area contributed by atoms with Gasteiger partial charge in [-0.2, -0.15) is 0 Å². The Bertz CT molecular complexity index is 479. The van der Waals surface area contributed by atoms with Gasteiger partial charge in [0, 0.05) is 6.54 Å². The number of benzene rings is 1. The van der Waals surface area contributed by atoms with Crippen LogP contribution >= 0.6 is 0 Å². The summed E-state index contributed by atoms with van der Waals surface area (Å²) in [6, 6.07) is 7.21. The normalized spacial score (nSPS) is 18.0. The largest absolute Gasteiger partial charge is 0.465 e. The van der Waals surface area contributed by atoms with Crippen molar-refractivity contribution in [2.75, 3.05) is 20.2 Å². The molecule has 1 aliphatic heterocycles. The first-order valence-electron chi connectivity index (χ1n) is 7.39. The molecular weight excluding hydrogens is 268 g/mol. The second-order valence-corrected chi connectivity index (χ2v) is 5.23. The van der Waals surface area contributed by atoms with Crippen LogP contribution in [0.5, 0.6) is 0 Å². The molecule has 0 bridgehead atoms. The number of piperidine rings is 1. The molecule has 1 aliphatic rings. The Labute approximate surface area is 125 Å². The lowest BCUT2D eigenvalue weighted by molar-refractivity contribution is -0.123. The third-order valence-corrected chi connectivity index (χ3v) is 3.71. The number of carbonyl (C=O) groups is 2. The number of methoxy groups -OCH3 is 1. The van der Waals surface area contributed by atoms with Crippen molar-refractivity contribution in [1.29, 1.82) is 0 Å². The Kier molecular flexibility index (Phi) is 5.75. The van der Waals surface area contributed by atoms with E-state index in [1.54, 1.807) is 12.1 Å². The predicted octanol–water partition coefficient (Wildman–Crippen LogP) is 1.27. The molecule has 1 heterocycles. The van der Waals surface area contributed by atoms with E-state index in [9.17, 15) is 9.59 Å². The molecule has 114 valence electrons. The number of rotatable bonds is 5. The van der Waals surface area contributed by atoms with E-state index < -0.39 is 0 Å². The molecule has 1 amide bonds. The van der Waals surface area contributed by atoms with Crippen molar-refractivity contribution in [2.45, 2.75) is 31.7 Å². The topological polar surface area (TPSA) is 67.4 Å². The van der Waals surface area contributed by atoms with Gasteiger partial charge >= 0.3 is 5.97 Å². The first-order chi connectivity index (χ1) is 10.2. The zero-order chi connectivity index (χ0) is 15.1. The van der Waals surface area contributed by atoms with E-state index in [0.717, 1.165) is 37.8 Å². The number of esters is 1. The minimum Gasteiger partial charge on any atom is -0.465 e. The monoisotopic (exact) mass is 290 g/mol. The minimum atomic E-state index is -0.335. The number of hydrogen-bond donors (Lipinski definition) is 2. The van der Waals surface area contributed by atoms with E-state index in [2.05, 4.69) is 15.4 Å². The Morgan fingerprint density at radius 1 is 1.29 bits per heavy atom. The molecule has 0 aliphatic carbocycles. The zero-order valence-corrected chi connectivity index (χ0v) is 12.4. The molecule has 2 rings (SSSR count). The third kappa shape index (κ3) is 4.56. The summed E-state index contributed by atoms with van der Waals surface area (Å²) in [7, 11) is 1.37. The average Bonchev–Trinajstić information content (AvgIpc) is 2.55. The highest BCUT2D eigenvalue weighted by Crippen LogP contribution is 2.08. The summed E-state index contributed by atoms with van der Waals surface area (Å²) in [5, 5.41) is 6.19. The standard InChI is InChI=1S/C16H22N2O3/c1-21-16(20)13-7-5-12(6-8-13)9-11-18-15(19)14-4-2-3-10-17-14/h5-8,14,17H,2-4,9-11H2,1H3,(H,18,19). The molecule has 1 saturated heterocycles. The fraction of sp³-hybridized carbons (Fsp3) is 0.500. The molecule has 0 radical (unpaired) electrons. The fourth-order valence-electron chi connectivity index (χ4n) is 2.45. The second-order valence-electron chi connectivity index (χ2n) is 5.23. The van der Waals surface area contributed by atoms with Crippen LogP contribution in [0.15, 0.2) is 24.3 Å². The van der Waals surface area contributed by atoms with Crippen molar-refractivity contribution >= 4 is 11.9 Å². The number of ether oxygens (including phenoxy) is 1. The molecule has 1 aromatic carbocycles. The van der Waals surface area contributed by atoms with Crippen LogP contribution < -0.4 is 10.6 Å². The first-order valence-corrected chi connectivity index (χ1v) is 7.39. The smallest absolute Gasteiger partial charge is 0.337 e. The molecule has 1 unspecified atom stereocenters. The van der Waals surface area contributed by atoms with Gasteiger partial charge in [-0.1, -0.05) is 18.6 Å². The number of nitrogens with one attached hydrogen (secondary N) is 2. The number of hydrogen-bond acceptors (Lipinski definition) is 4. The Morgan fingerprint density at radius 2 is 2.05 bits per heavy atom. The van der Waals surface area contributed by atoms with Gasteiger partial charge in [-0.3, -0.25) is 4.79 Å². The second kappa shape index (κ2) is 7.78. The van der Waals surface area contributed by atoms with Crippen LogP contribution in [0.1, 0.15) is 35.2 Å². The van der Waals surface area contributed by atoms with E-state index in [1.165, 1.54) is 7.11 Å². The van der Waals surface area contributed by atoms with Crippen LogP contribution in [-0.4, -0.2) is 38.1 Å². The van der Waals surface area contributed by atoms with Gasteiger partial charge in [-0.15, -0.1) is 0 Å². The number of carbonyl (C=O) groups excluding carboxylic acids is 2. The molecule has 5 nitrogen and oxygen atoms in total. The lowest BCUT2D eigenvalue weighted by atomic mass is 10.0. The molecule has 5 heteroatoms. The summed E-state index contributed by atoms with van der Waals surface area (Å²) >= 11 is 0. The molecule has 1 fully saturated rings. The lowest BCUT2D eigenvalue weighted by Gasteiger charge is -2.22. The van der Waals surface area contributed by atoms with Gasteiger partial charge in [-0.05, 0) is 43.5 Å². The van der Waals surface area contributed by atoms with Crippen molar-refractivity contribution in [3.05, 3.63) is 35.4 Å². The fourth-order valence-corrected chi connectivity index (χ4v) is 2.45. The highest BCUT2D eigenvalue weighted by Gasteiger charge is 2.19. The van der Waals surface area contributed by atoms with Crippen LogP contribution in [0.4, 0.5) is 0 Å². The molecular formula is C16H22N2O3. The van der Waals surface area contributed by atoms with Gasteiger partial charge in [0.25, 0.3) is 0 Å². The Balaban J connectivity index is 1.75. The molecule has 21 heavy (non-hydrogen) atoms. The summed E-state index contributed by atoms with van der Waals surface area (Å²) in [5.41, 5.74) is 1.62. The molecule has 2 N–H and O–H groups in total. The van der Waals surface area contributed by atoms with Crippen LogP contribution in [0.3, 0.4) is 0 Å². The average molecular weight is 290 g/mol. The first kappa shape index (κ1) is 15.5. The van der Waals surface area contributed by atoms with Crippen molar-refractivity contribution in [3.8, 4) is 0 Å². The Morgan fingerprint density at radius 3 is 2.67 bits per heavy atom. The van der Waals surface area contributed by atoms with Crippen LogP contribution in [0.2, 0.25) is 0 Å². The van der Waals surface area contributed by atoms with Gasteiger partial charge in [-0.25, -0.2) is 4.79 Å². The van der Waals surface area contributed by atoms with Crippen molar-refractivity contribution in [2.24, 2.45) is 0 Å². The molecule has 0 spiro atoms. The molecule has 1 aromatic rings. The van der Waals surface area contributed by atoms with E-state index >= 15 is 0 Å². The predicted molar refractivity (Wildman–Crippen MR) is 80.1 cm³/mol. The zero-order valence-electron chi connectivity index (χ0n) is 12.4. The van der Waals surface area contributed by atoms with E-state index in [0.29, 0.717) is 12.1 Å². The number of amides is 1. The van der Waals surface area contributed by atoms with Gasteiger partial charge < -0.3 is 15.4 Å². The molecule has 0 saturated carbocycles. The summed E-state index contributed by atoms with van der Waals surface area (Å²) in [6.45, 7) is 1.53. The maximum atomic E-state index is 11.9. The van der Waals surface area contributed by atoms with Gasteiger partial charge in [0.1, 0.15) is 0 Å². The highest BCUT2D eigenvalue weighted by atomic mass is 16.5. The van der Waals surface area contributed by atoms with Crippen LogP contribution in [0.25, 0.3) is 0 Å². The van der Waals surface area contributed by atoms with Crippen molar-refractivity contribution in [1.82, 2.24) is 10.6 Å². The van der Waals surface area contributed by atoms with E-state index in [4.69, 9.17) is 0 Å². The van der Waals surface area contributed by atoms with Gasteiger partial charge in [0.15, 0.2) is 0 Å². The Hall–Kier alpha value is -1.88. The SMILES string of the molecule is COC(=O)c1ccc(CCNC(=O)C2CCCCN2)cc1. The summed E-state index contributed by atoms with van der Waals surface area (Å²) in [6.07, 6.45) is 3.93. The third-order valence-electron chi connectivity index (χ3n) is 3.71. The quantitative estimate of drug-likeness (QED) is 0.802. The lowest BCUT2D eigenvalue weighted by Crippen LogP contribution is -2.47. The van der Waals surface area contributed by atoms with Crippen molar-refractivity contribution < 1.29 is 14.3 Å². The maximum absolute atomic E-state index is 11.9. The van der Waals surface area contributed by atoms with Crippen LogP contribution in [-0.2, 0) is 16.0 Å². The molecule has 0 aromatic heterocycles. The van der Waals surface area contributed by atoms with Gasteiger partial charge in [0.05, 0.1) is 18.7 Å². The molecule has 1 atom stereocenters. The summed E-state index contributed by atoms with van der Waals surface area (Å²) in [4.78, 5) is 23.3. The van der Waals surface area contributed by atoms with Gasteiger partial charge in [0.2, 0.25) is 5.91 Å². The van der Waals surface area contributed by atoms with E-state index in [-0.39, 0.29) is 17.9 Å². The summed E-state index contributed by atoms with van der Waals surface area (Å²) in [5.74, 6) is -0.251.